The molecule has 0 fully saturated rings. The molecule has 0 atom stereocenters. The third kappa shape index (κ3) is 3.69. The Kier molecular flexibility index (Phi) is 5.79. The zero-order chi connectivity index (χ0) is 18.7. The van der Waals surface area contributed by atoms with Gasteiger partial charge in [0.25, 0.3) is 0 Å². The Labute approximate surface area is 163 Å². The van der Waals surface area contributed by atoms with Gasteiger partial charge in [0.2, 0.25) is 5.95 Å². The zero-order valence-corrected chi connectivity index (χ0v) is 16.6. The first kappa shape index (κ1) is 18.7. The predicted molar refractivity (Wildman–Crippen MR) is 107 cm³/mol. The highest BCUT2D eigenvalue weighted by molar-refractivity contribution is 6.36. The van der Waals surface area contributed by atoms with E-state index in [1.54, 1.807) is 12.3 Å². The van der Waals surface area contributed by atoms with E-state index in [0.717, 1.165) is 53.8 Å². The summed E-state index contributed by atoms with van der Waals surface area (Å²) in [5, 5.41) is 4.50. The molecule has 0 saturated heterocycles. The molecule has 3 aromatic rings. The third-order valence-electron chi connectivity index (χ3n) is 4.18. The van der Waals surface area contributed by atoms with Crippen molar-refractivity contribution in [3.8, 4) is 11.3 Å². The first-order valence-corrected chi connectivity index (χ1v) is 9.46. The lowest BCUT2D eigenvalue weighted by atomic mass is 10.1. The van der Waals surface area contributed by atoms with Crippen LogP contribution in [-0.4, -0.2) is 19.5 Å². The third-order valence-corrected chi connectivity index (χ3v) is 4.73. The van der Waals surface area contributed by atoms with E-state index in [1.165, 1.54) is 0 Å². The lowest BCUT2D eigenvalue weighted by molar-refractivity contribution is 0.770. The highest BCUT2D eigenvalue weighted by atomic mass is 35.5. The van der Waals surface area contributed by atoms with Crippen LogP contribution in [0.25, 0.3) is 11.3 Å². The van der Waals surface area contributed by atoms with Crippen molar-refractivity contribution in [2.75, 3.05) is 5.32 Å². The first-order chi connectivity index (χ1) is 12.6. The number of aromatic nitrogens is 4. The van der Waals surface area contributed by atoms with Crippen LogP contribution in [0.2, 0.25) is 10.0 Å². The SMILES string of the molecule is CCc1nc(-c2ccc(Cl)cc2Cl)c(CC)nc1Nc1nccn1CC. The van der Waals surface area contributed by atoms with Crippen LogP contribution in [0.4, 0.5) is 11.8 Å². The molecule has 2 heterocycles. The van der Waals surface area contributed by atoms with Gasteiger partial charge in [0, 0.05) is 29.5 Å². The molecule has 0 bridgehead atoms. The van der Waals surface area contributed by atoms with Gasteiger partial charge < -0.3 is 9.88 Å². The zero-order valence-electron chi connectivity index (χ0n) is 15.1. The number of hydrogen-bond donors (Lipinski definition) is 1. The quantitative estimate of drug-likeness (QED) is 0.601. The lowest BCUT2D eigenvalue weighted by Crippen LogP contribution is -2.09. The van der Waals surface area contributed by atoms with Crippen LogP contribution in [0.1, 0.15) is 32.2 Å². The maximum atomic E-state index is 6.40. The van der Waals surface area contributed by atoms with Crippen molar-refractivity contribution >= 4 is 35.0 Å². The molecule has 136 valence electrons. The molecular weight excluding hydrogens is 369 g/mol. The monoisotopic (exact) mass is 389 g/mol. The van der Waals surface area contributed by atoms with Gasteiger partial charge in [0.1, 0.15) is 0 Å². The van der Waals surface area contributed by atoms with Gasteiger partial charge in [-0.25, -0.2) is 15.0 Å². The van der Waals surface area contributed by atoms with Gasteiger partial charge in [-0.1, -0.05) is 37.0 Å². The molecule has 1 N–H and O–H groups in total. The Morgan fingerprint density at radius 1 is 1.04 bits per heavy atom. The molecule has 2 aromatic heterocycles. The highest BCUT2D eigenvalue weighted by Crippen LogP contribution is 2.32. The second-order valence-corrected chi connectivity index (χ2v) is 6.65. The van der Waals surface area contributed by atoms with E-state index in [1.807, 2.05) is 22.9 Å². The van der Waals surface area contributed by atoms with Crippen molar-refractivity contribution in [2.24, 2.45) is 0 Å². The summed E-state index contributed by atoms with van der Waals surface area (Å²) in [5.74, 6) is 1.50. The molecule has 26 heavy (non-hydrogen) atoms. The van der Waals surface area contributed by atoms with Gasteiger partial charge in [0.05, 0.1) is 22.1 Å². The molecule has 0 aliphatic rings. The fraction of sp³-hybridized carbons (Fsp3) is 0.316. The number of anilines is 2. The lowest BCUT2D eigenvalue weighted by Gasteiger charge is -2.15. The van der Waals surface area contributed by atoms with Crippen molar-refractivity contribution in [1.29, 1.82) is 0 Å². The van der Waals surface area contributed by atoms with E-state index in [0.29, 0.717) is 10.0 Å². The van der Waals surface area contributed by atoms with E-state index in [-0.39, 0.29) is 0 Å². The molecule has 0 amide bonds. The molecule has 0 aliphatic carbocycles. The maximum Gasteiger partial charge on any atom is 0.208 e. The number of nitrogens with one attached hydrogen (secondary N) is 1. The van der Waals surface area contributed by atoms with E-state index >= 15 is 0 Å². The van der Waals surface area contributed by atoms with Gasteiger partial charge in [-0.05, 0) is 38.0 Å². The van der Waals surface area contributed by atoms with Crippen LogP contribution in [0.5, 0.6) is 0 Å². The first-order valence-electron chi connectivity index (χ1n) is 8.70. The molecular formula is C19H21Cl2N5. The normalized spacial score (nSPS) is 11.0. The summed E-state index contributed by atoms with van der Waals surface area (Å²) >= 11 is 12.4. The summed E-state index contributed by atoms with van der Waals surface area (Å²) in [6.07, 6.45) is 5.18. The molecule has 0 radical (unpaired) electrons. The van der Waals surface area contributed by atoms with E-state index in [4.69, 9.17) is 33.2 Å². The molecule has 0 aliphatic heterocycles. The van der Waals surface area contributed by atoms with Crippen LogP contribution >= 0.6 is 23.2 Å². The Balaban J connectivity index is 2.08. The standard InChI is InChI=1S/C19H21Cl2N5/c1-4-15-17(13-8-7-12(20)11-14(13)21)23-16(5-2)18(24-15)25-19-22-9-10-26(19)6-3/h7-11H,4-6H2,1-3H3,(H,22,24,25). The second-order valence-electron chi connectivity index (χ2n) is 5.81. The fourth-order valence-corrected chi connectivity index (χ4v) is 3.29. The minimum Gasteiger partial charge on any atom is -0.317 e. The molecule has 3 rings (SSSR count). The smallest absolute Gasteiger partial charge is 0.208 e. The molecule has 0 saturated carbocycles. The Morgan fingerprint density at radius 2 is 1.81 bits per heavy atom. The Hall–Kier alpha value is -2.11. The number of aryl methyl sites for hydroxylation is 3. The van der Waals surface area contributed by atoms with Gasteiger partial charge in [0.15, 0.2) is 5.82 Å². The summed E-state index contributed by atoms with van der Waals surface area (Å²) in [6, 6.07) is 5.44. The van der Waals surface area contributed by atoms with Gasteiger partial charge >= 0.3 is 0 Å². The summed E-state index contributed by atoms with van der Waals surface area (Å²) < 4.78 is 2.02. The van der Waals surface area contributed by atoms with Gasteiger partial charge in [-0.3, -0.25) is 0 Å². The predicted octanol–water partition coefficient (Wildman–Crippen LogP) is 5.54. The van der Waals surface area contributed by atoms with Crippen LogP contribution < -0.4 is 5.32 Å². The van der Waals surface area contributed by atoms with E-state index in [2.05, 4.69) is 31.1 Å². The van der Waals surface area contributed by atoms with Gasteiger partial charge in [-0.2, -0.15) is 0 Å². The number of halogens is 2. The van der Waals surface area contributed by atoms with Crippen LogP contribution in [0, 0.1) is 0 Å². The van der Waals surface area contributed by atoms with Crippen LogP contribution in [0.15, 0.2) is 30.6 Å². The average molecular weight is 390 g/mol. The van der Waals surface area contributed by atoms with Crippen molar-refractivity contribution in [3.63, 3.8) is 0 Å². The van der Waals surface area contributed by atoms with Crippen LogP contribution in [-0.2, 0) is 19.4 Å². The molecule has 5 nitrogen and oxygen atoms in total. The van der Waals surface area contributed by atoms with E-state index in [9.17, 15) is 0 Å². The number of benzene rings is 1. The number of nitrogens with zero attached hydrogens (tertiary/aromatic N) is 4. The van der Waals surface area contributed by atoms with Crippen molar-refractivity contribution in [2.45, 2.75) is 40.2 Å². The summed E-state index contributed by atoms with van der Waals surface area (Å²) in [6.45, 7) is 7.01. The number of rotatable bonds is 6. The second kappa shape index (κ2) is 8.06. The van der Waals surface area contributed by atoms with Crippen molar-refractivity contribution in [1.82, 2.24) is 19.5 Å². The van der Waals surface area contributed by atoms with Crippen molar-refractivity contribution in [3.05, 3.63) is 52.0 Å². The Bertz CT molecular complexity index is 920. The number of hydrogen-bond acceptors (Lipinski definition) is 4. The number of imidazole rings is 1. The highest BCUT2D eigenvalue weighted by Gasteiger charge is 2.17. The Morgan fingerprint density at radius 3 is 2.46 bits per heavy atom. The molecule has 0 unspecified atom stereocenters. The molecule has 7 heteroatoms. The average Bonchev–Trinajstić information content (AvgIpc) is 3.09. The molecule has 0 spiro atoms. The van der Waals surface area contributed by atoms with Gasteiger partial charge in [-0.15, -0.1) is 0 Å². The summed E-state index contributed by atoms with van der Waals surface area (Å²) in [5.41, 5.74) is 3.39. The fourth-order valence-electron chi connectivity index (χ4n) is 2.79. The summed E-state index contributed by atoms with van der Waals surface area (Å²) in [4.78, 5) is 14.1. The van der Waals surface area contributed by atoms with E-state index < -0.39 is 0 Å². The van der Waals surface area contributed by atoms with Crippen molar-refractivity contribution < 1.29 is 0 Å². The van der Waals surface area contributed by atoms with Crippen LogP contribution in [0.3, 0.4) is 0 Å². The minimum absolute atomic E-state index is 0.575. The summed E-state index contributed by atoms with van der Waals surface area (Å²) in [7, 11) is 0. The minimum atomic E-state index is 0.575. The largest absolute Gasteiger partial charge is 0.317 e. The molecule has 1 aromatic carbocycles. The maximum absolute atomic E-state index is 6.40. The topological polar surface area (TPSA) is 55.6 Å².